The molecule has 1 aliphatic heterocycles. The molecule has 1 aromatic heterocycles. The minimum atomic E-state index is -0.314. The fourth-order valence-electron chi connectivity index (χ4n) is 3.07. The van der Waals surface area contributed by atoms with Crippen molar-refractivity contribution in [2.24, 2.45) is 0 Å². The fraction of sp³-hybridized carbons (Fsp3) is 0.211. The molecule has 0 unspecified atom stereocenters. The Hall–Kier alpha value is -3.06. The van der Waals surface area contributed by atoms with E-state index < -0.39 is 0 Å². The third-order valence-corrected chi connectivity index (χ3v) is 4.64. The lowest BCUT2D eigenvalue weighted by atomic mass is 10.0. The van der Waals surface area contributed by atoms with Gasteiger partial charge in [-0.1, -0.05) is 41.9 Å². The molecule has 0 fully saturated rings. The van der Waals surface area contributed by atoms with Gasteiger partial charge in [0, 0.05) is 0 Å². The number of fused-ring (bicyclic) bond motifs is 1. The van der Waals surface area contributed by atoms with Crippen molar-refractivity contribution < 1.29 is 14.3 Å². The summed E-state index contributed by atoms with van der Waals surface area (Å²) in [6.07, 6.45) is 1.64. The topological polar surface area (TPSA) is 78.3 Å². The Morgan fingerprint density at radius 2 is 2.11 bits per heavy atom. The van der Waals surface area contributed by atoms with E-state index in [1.165, 1.54) is 6.33 Å². The molecule has 0 spiro atoms. The number of ether oxygens (including phenoxy) is 2. The van der Waals surface area contributed by atoms with Crippen LogP contribution in [0.5, 0.6) is 11.5 Å². The number of aromatic nitrogens is 3. The third-order valence-electron chi connectivity index (χ3n) is 4.36. The summed E-state index contributed by atoms with van der Waals surface area (Å²) >= 11 is 6.49. The van der Waals surface area contributed by atoms with Gasteiger partial charge >= 0.3 is 0 Å². The van der Waals surface area contributed by atoms with Crippen molar-refractivity contribution in [3.8, 4) is 11.5 Å². The number of halogens is 1. The van der Waals surface area contributed by atoms with Crippen molar-refractivity contribution in [2.75, 3.05) is 12.4 Å². The first-order chi connectivity index (χ1) is 13.2. The number of hydrogen-bond acceptors (Lipinski definition) is 5. The van der Waals surface area contributed by atoms with Crippen molar-refractivity contribution in [2.45, 2.75) is 19.1 Å². The van der Waals surface area contributed by atoms with Gasteiger partial charge in [-0.2, -0.15) is 10.1 Å². The standard InChI is InChI=1S/C19H17ClN4O3/c1-26-16-8-13(15-9-17(25)23-19-21-11-22-24(15)19)7-14(20)18(16)27-10-12-5-3-2-4-6-12/h2-8,11,15H,9-10H2,1H3,(H,21,22,23,25)/t15-/m0/s1. The molecule has 1 N–H and O–H groups in total. The Balaban J connectivity index is 1.65. The molecule has 0 saturated carbocycles. The largest absolute Gasteiger partial charge is 0.493 e. The van der Waals surface area contributed by atoms with E-state index in [2.05, 4.69) is 15.4 Å². The predicted molar refractivity (Wildman–Crippen MR) is 100 cm³/mol. The van der Waals surface area contributed by atoms with Gasteiger partial charge in [-0.05, 0) is 23.3 Å². The number of carbonyl (C=O) groups excluding carboxylic acids is 1. The van der Waals surface area contributed by atoms with Crippen molar-refractivity contribution in [3.63, 3.8) is 0 Å². The summed E-state index contributed by atoms with van der Waals surface area (Å²) in [5, 5.41) is 7.31. The molecule has 138 valence electrons. The number of amides is 1. The van der Waals surface area contributed by atoms with Crippen LogP contribution in [0.4, 0.5) is 5.95 Å². The maximum absolute atomic E-state index is 12.0. The Labute approximate surface area is 160 Å². The Morgan fingerprint density at radius 3 is 2.89 bits per heavy atom. The molecule has 2 aromatic carbocycles. The van der Waals surface area contributed by atoms with Crippen molar-refractivity contribution in [1.82, 2.24) is 14.8 Å². The van der Waals surface area contributed by atoms with E-state index in [1.54, 1.807) is 17.9 Å². The molecule has 8 heteroatoms. The van der Waals surface area contributed by atoms with E-state index in [0.717, 1.165) is 11.1 Å². The molecule has 0 bridgehead atoms. The number of benzene rings is 2. The molecule has 1 atom stereocenters. The van der Waals surface area contributed by atoms with Gasteiger partial charge in [0.15, 0.2) is 11.5 Å². The molecule has 0 saturated heterocycles. The number of nitrogens with one attached hydrogen (secondary N) is 1. The molecule has 0 aliphatic carbocycles. The quantitative estimate of drug-likeness (QED) is 0.729. The monoisotopic (exact) mass is 384 g/mol. The van der Waals surface area contributed by atoms with Crippen LogP contribution in [0.1, 0.15) is 23.6 Å². The summed E-state index contributed by atoms with van der Waals surface area (Å²) in [7, 11) is 1.55. The van der Waals surface area contributed by atoms with Gasteiger partial charge in [-0.25, -0.2) is 4.68 Å². The molecule has 1 amide bonds. The average molecular weight is 385 g/mol. The lowest BCUT2D eigenvalue weighted by Gasteiger charge is -2.24. The van der Waals surface area contributed by atoms with Crippen molar-refractivity contribution >= 4 is 23.5 Å². The first-order valence-electron chi connectivity index (χ1n) is 8.39. The molecule has 4 rings (SSSR count). The van der Waals surface area contributed by atoms with E-state index in [0.29, 0.717) is 29.1 Å². The predicted octanol–water partition coefficient (Wildman–Crippen LogP) is 3.45. The molecule has 3 aromatic rings. The zero-order valence-corrected chi connectivity index (χ0v) is 15.3. The van der Waals surface area contributed by atoms with Gasteiger partial charge in [0.25, 0.3) is 0 Å². The maximum atomic E-state index is 12.0. The highest BCUT2D eigenvalue weighted by Gasteiger charge is 2.29. The molecule has 2 heterocycles. The van der Waals surface area contributed by atoms with E-state index in [1.807, 2.05) is 36.4 Å². The van der Waals surface area contributed by atoms with E-state index in [9.17, 15) is 4.79 Å². The third kappa shape index (κ3) is 3.46. The number of rotatable bonds is 5. The minimum Gasteiger partial charge on any atom is -0.493 e. The van der Waals surface area contributed by atoms with Crippen LogP contribution in [0, 0.1) is 0 Å². The summed E-state index contributed by atoms with van der Waals surface area (Å²) in [5.41, 5.74) is 1.82. The summed E-state index contributed by atoms with van der Waals surface area (Å²) in [4.78, 5) is 16.1. The van der Waals surface area contributed by atoms with Gasteiger partial charge < -0.3 is 9.47 Å². The second-order valence-electron chi connectivity index (χ2n) is 6.10. The minimum absolute atomic E-state index is 0.125. The van der Waals surface area contributed by atoms with E-state index >= 15 is 0 Å². The van der Waals surface area contributed by atoms with Gasteiger partial charge in [0.2, 0.25) is 11.9 Å². The van der Waals surface area contributed by atoms with Gasteiger partial charge in [-0.3, -0.25) is 10.1 Å². The average Bonchev–Trinajstić information content (AvgIpc) is 3.15. The zero-order chi connectivity index (χ0) is 18.8. The first kappa shape index (κ1) is 17.4. The molecule has 27 heavy (non-hydrogen) atoms. The summed E-state index contributed by atoms with van der Waals surface area (Å²) < 4.78 is 13.0. The summed E-state index contributed by atoms with van der Waals surface area (Å²) in [5.74, 6) is 1.25. The second-order valence-corrected chi connectivity index (χ2v) is 6.51. The lowest BCUT2D eigenvalue weighted by Crippen LogP contribution is -2.29. The smallest absolute Gasteiger partial charge is 0.229 e. The molecular formula is C19H17ClN4O3. The normalized spacial score (nSPS) is 15.8. The number of anilines is 1. The molecular weight excluding hydrogens is 368 g/mol. The summed E-state index contributed by atoms with van der Waals surface area (Å²) in [6.45, 7) is 0.370. The Bertz CT molecular complexity index is 974. The number of methoxy groups -OCH3 is 1. The van der Waals surface area contributed by atoms with E-state index in [4.69, 9.17) is 21.1 Å². The highest BCUT2D eigenvalue weighted by atomic mass is 35.5. The van der Waals surface area contributed by atoms with Crippen LogP contribution < -0.4 is 14.8 Å². The first-order valence-corrected chi connectivity index (χ1v) is 8.77. The number of hydrogen-bond donors (Lipinski definition) is 1. The van der Waals surface area contributed by atoms with Crippen molar-refractivity contribution in [1.29, 1.82) is 0 Å². The fourth-order valence-corrected chi connectivity index (χ4v) is 3.34. The molecule has 0 radical (unpaired) electrons. The molecule has 7 nitrogen and oxygen atoms in total. The van der Waals surface area contributed by atoms with Crippen LogP contribution in [0.25, 0.3) is 0 Å². The Morgan fingerprint density at radius 1 is 1.30 bits per heavy atom. The van der Waals surface area contributed by atoms with Crippen LogP contribution in [0.2, 0.25) is 5.02 Å². The van der Waals surface area contributed by atoms with Crippen LogP contribution in [-0.2, 0) is 11.4 Å². The maximum Gasteiger partial charge on any atom is 0.229 e. The van der Waals surface area contributed by atoms with Crippen LogP contribution >= 0.6 is 11.6 Å². The Kier molecular flexibility index (Phi) is 4.68. The summed E-state index contributed by atoms with van der Waals surface area (Å²) in [6, 6.07) is 13.1. The van der Waals surface area contributed by atoms with Crippen LogP contribution in [-0.4, -0.2) is 27.8 Å². The van der Waals surface area contributed by atoms with Crippen LogP contribution in [0.3, 0.4) is 0 Å². The highest BCUT2D eigenvalue weighted by molar-refractivity contribution is 6.32. The zero-order valence-electron chi connectivity index (χ0n) is 14.6. The van der Waals surface area contributed by atoms with Gasteiger partial charge in [0.05, 0.1) is 24.6 Å². The number of nitrogens with zero attached hydrogens (tertiary/aromatic N) is 3. The van der Waals surface area contributed by atoms with E-state index in [-0.39, 0.29) is 18.4 Å². The molecule has 1 aliphatic rings. The lowest BCUT2D eigenvalue weighted by molar-refractivity contribution is -0.117. The van der Waals surface area contributed by atoms with Crippen molar-refractivity contribution in [3.05, 3.63) is 64.9 Å². The second kappa shape index (κ2) is 7.28. The van der Waals surface area contributed by atoms with Crippen LogP contribution in [0.15, 0.2) is 48.8 Å². The van der Waals surface area contributed by atoms with Gasteiger partial charge in [-0.15, -0.1) is 0 Å². The SMILES string of the molecule is COc1cc([C@@H]2CC(=O)Nc3ncnn32)cc(Cl)c1OCc1ccccc1. The van der Waals surface area contributed by atoms with Gasteiger partial charge in [0.1, 0.15) is 12.9 Å². The number of carbonyl (C=O) groups is 1. The highest BCUT2D eigenvalue weighted by Crippen LogP contribution is 2.40.